The van der Waals surface area contributed by atoms with Crippen molar-refractivity contribution in [1.82, 2.24) is 15.5 Å². The predicted molar refractivity (Wildman–Crippen MR) is 73.4 cm³/mol. The first-order chi connectivity index (χ1) is 9.69. The molecule has 2 rings (SSSR count). The smallest absolute Gasteiger partial charge is 0.252 e. The lowest BCUT2D eigenvalue weighted by Crippen LogP contribution is -2.25. The fourth-order valence-corrected chi connectivity index (χ4v) is 2.24. The van der Waals surface area contributed by atoms with Crippen molar-refractivity contribution in [1.29, 1.82) is 0 Å². The molecule has 104 valence electrons. The predicted octanol–water partition coefficient (Wildman–Crippen LogP) is 0.756. The first kappa shape index (κ1) is 14.2. The third-order valence-corrected chi connectivity index (χ3v) is 3.20. The number of thiophene rings is 1. The molecule has 0 radical (unpaired) electrons. The maximum absolute atomic E-state index is 11.9. The van der Waals surface area contributed by atoms with Crippen molar-refractivity contribution in [3.8, 4) is 11.8 Å². The summed E-state index contributed by atoms with van der Waals surface area (Å²) in [7, 11) is 0. The van der Waals surface area contributed by atoms with Gasteiger partial charge in [0, 0.05) is 25.3 Å². The Balaban J connectivity index is 1.84. The molecule has 20 heavy (non-hydrogen) atoms. The van der Waals surface area contributed by atoms with Gasteiger partial charge >= 0.3 is 0 Å². The van der Waals surface area contributed by atoms with Crippen LogP contribution in [-0.4, -0.2) is 34.3 Å². The fourth-order valence-electron chi connectivity index (χ4n) is 1.48. The number of aliphatic hydroxyl groups is 1. The van der Waals surface area contributed by atoms with Crippen molar-refractivity contribution in [2.45, 2.75) is 13.3 Å². The van der Waals surface area contributed by atoms with Crippen LogP contribution in [0.4, 0.5) is 0 Å². The van der Waals surface area contributed by atoms with Crippen LogP contribution in [0.5, 0.6) is 0 Å². The van der Waals surface area contributed by atoms with Gasteiger partial charge in [-0.05, 0) is 6.07 Å². The van der Waals surface area contributed by atoms with Gasteiger partial charge in [0.2, 0.25) is 5.89 Å². The number of carbonyl (C=O) groups is 1. The van der Waals surface area contributed by atoms with E-state index < -0.39 is 0 Å². The van der Waals surface area contributed by atoms with E-state index in [9.17, 15) is 4.79 Å². The summed E-state index contributed by atoms with van der Waals surface area (Å²) < 4.78 is 4.84. The molecule has 0 aliphatic heterocycles. The second-order valence-electron chi connectivity index (χ2n) is 3.90. The van der Waals surface area contributed by atoms with Gasteiger partial charge in [0.1, 0.15) is 6.61 Å². The summed E-state index contributed by atoms with van der Waals surface area (Å²) in [4.78, 5) is 16.7. The van der Waals surface area contributed by atoms with Gasteiger partial charge in [-0.2, -0.15) is 4.98 Å². The highest BCUT2D eigenvalue weighted by Gasteiger charge is 2.08. The molecule has 0 spiro atoms. The molecule has 0 atom stereocenters. The maximum Gasteiger partial charge on any atom is 0.252 e. The van der Waals surface area contributed by atoms with Crippen LogP contribution in [0, 0.1) is 18.8 Å². The molecule has 0 unspecified atom stereocenters. The van der Waals surface area contributed by atoms with Crippen LogP contribution >= 0.6 is 11.3 Å². The molecule has 2 heterocycles. The number of amides is 1. The largest absolute Gasteiger partial charge is 0.384 e. The molecule has 0 aliphatic rings. The quantitative estimate of drug-likeness (QED) is 0.812. The molecule has 2 aromatic heterocycles. The molecule has 6 nitrogen and oxygen atoms in total. The average molecular weight is 291 g/mol. The van der Waals surface area contributed by atoms with Crippen LogP contribution in [0.2, 0.25) is 0 Å². The second kappa shape index (κ2) is 6.84. The summed E-state index contributed by atoms with van der Waals surface area (Å²) in [5.41, 5.74) is 0.557. The van der Waals surface area contributed by atoms with Gasteiger partial charge < -0.3 is 14.9 Å². The second-order valence-corrected chi connectivity index (χ2v) is 4.81. The van der Waals surface area contributed by atoms with Gasteiger partial charge in [-0.3, -0.25) is 4.79 Å². The van der Waals surface area contributed by atoms with Crippen LogP contribution in [0.3, 0.4) is 0 Å². The molecule has 1 amide bonds. The van der Waals surface area contributed by atoms with Gasteiger partial charge in [-0.15, -0.1) is 11.3 Å². The summed E-state index contributed by atoms with van der Waals surface area (Å²) >= 11 is 1.37. The zero-order valence-electron chi connectivity index (χ0n) is 10.8. The van der Waals surface area contributed by atoms with Crippen LogP contribution in [-0.2, 0) is 6.42 Å². The Labute approximate surface area is 119 Å². The molecular formula is C13H13N3O3S. The van der Waals surface area contributed by atoms with Gasteiger partial charge in [0.25, 0.3) is 5.91 Å². The Morgan fingerprint density at radius 1 is 1.60 bits per heavy atom. The summed E-state index contributed by atoms with van der Waals surface area (Å²) in [5.74, 6) is 6.22. The molecule has 2 aromatic rings. The lowest BCUT2D eigenvalue weighted by molar-refractivity contribution is 0.0954. The van der Waals surface area contributed by atoms with Crippen molar-refractivity contribution < 1.29 is 14.4 Å². The van der Waals surface area contributed by atoms with E-state index in [0.717, 1.165) is 4.88 Å². The highest BCUT2D eigenvalue weighted by atomic mass is 32.1. The van der Waals surface area contributed by atoms with E-state index >= 15 is 0 Å². The molecule has 0 aromatic carbocycles. The Morgan fingerprint density at radius 3 is 3.15 bits per heavy atom. The van der Waals surface area contributed by atoms with E-state index in [4.69, 9.17) is 9.63 Å². The highest BCUT2D eigenvalue weighted by Crippen LogP contribution is 2.13. The molecule has 2 N–H and O–H groups in total. The zero-order chi connectivity index (χ0) is 14.4. The lowest BCUT2D eigenvalue weighted by atomic mass is 10.3. The van der Waals surface area contributed by atoms with E-state index in [1.54, 1.807) is 18.4 Å². The number of aromatic nitrogens is 2. The summed E-state index contributed by atoms with van der Waals surface area (Å²) in [6.07, 6.45) is 0.518. The van der Waals surface area contributed by atoms with Crippen molar-refractivity contribution in [2.24, 2.45) is 0 Å². The number of aryl methyl sites for hydroxylation is 1. The molecule has 7 heteroatoms. The number of rotatable bonds is 4. The standard InChI is InChI=1S/C13H13N3O3S/c1-9-15-12(16-19-9)4-5-14-13(18)10-7-11(20-8-10)3-2-6-17/h7-8,17H,4-6H2,1H3,(H,14,18). The van der Waals surface area contributed by atoms with Gasteiger partial charge in [0.05, 0.1) is 10.4 Å². The number of nitrogens with zero attached hydrogens (tertiary/aromatic N) is 2. The Hall–Kier alpha value is -2.17. The number of carbonyl (C=O) groups excluding carboxylic acids is 1. The summed E-state index contributed by atoms with van der Waals surface area (Å²) in [6.45, 7) is 1.96. The third-order valence-electron chi connectivity index (χ3n) is 2.36. The third kappa shape index (κ3) is 3.91. The molecular weight excluding hydrogens is 278 g/mol. The van der Waals surface area contributed by atoms with Crippen LogP contribution < -0.4 is 5.32 Å². The topological polar surface area (TPSA) is 88.2 Å². The zero-order valence-corrected chi connectivity index (χ0v) is 11.7. The van der Waals surface area contributed by atoms with E-state index in [2.05, 4.69) is 27.3 Å². The SMILES string of the molecule is Cc1nc(CCNC(=O)c2csc(C#CCO)c2)no1. The monoisotopic (exact) mass is 291 g/mol. The van der Waals surface area contributed by atoms with Gasteiger partial charge in [0.15, 0.2) is 5.82 Å². The first-order valence-corrected chi connectivity index (χ1v) is 6.82. The van der Waals surface area contributed by atoms with E-state index in [-0.39, 0.29) is 12.5 Å². The lowest BCUT2D eigenvalue weighted by Gasteiger charge is -2.00. The highest BCUT2D eigenvalue weighted by molar-refractivity contribution is 7.10. The van der Waals surface area contributed by atoms with Crippen molar-refractivity contribution >= 4 is 17.2 Å². The Kier molecular flexibility index (Phi) is 4.87. The van der Waals surface area contributed by atoms with Crippen molar-refractivity contribution in [2.75, 3.05) is 13.2 Å². The fraction of sp³-hybridized carbons (Fsp3) is 0.308. The normalized spacial score (nSPS) is 9.90. The van der Waals surface area contributed by atoms with Gasteiger partial charge in [-0.25, -0.2) is 0 Å². The van der Waals surface area contributed by atoms with E-state index in [0.29, 0.717) is 30.2 Å². The number of hydrogen-bond donors (Lipinski definition) is 2. The molecule has 0 aliphatic carbocycles. The van der Waals surface area contributed by atoms with Crippen molar-refractivity contribution in [3.63, 3.8) is 0 Å². The summed E-state index contributed by atoms with van der Waals surface area (Å²) in [5, 5.41) is 16.9. The molecule has 0 saturated carbocycles. The molecule has 0 fully saturated rings. The summed E-state index contributed by atoms with van der Waals surface area (Å²) in [6, 6.07) is 1.70. The molecule has 0 bridgehead atoms. The van der Waals surface area contributed by atoms with E-state index in [1.165, 1.54) is 11.3 Å². The maximum atomic E-state index is 11.9. The van der Waals surface area contributed by atoms with Crippen LogP contribution in [0.25, 0.3) is 0 Å². The Bertz CT molecular complexity index is 651. The van der Waals surface area contributed by atoms with Crippen molar-refractivity contribution in [3.05, 3.63) is 33.6 Å². The average Bonchev–Trinajstić information content (AvgIpc) is 3.05. The number of hydrogen-bond acceptors (Lipinski definition) is 6. The first-order valence-electron chi connectivity index (χ1n) is 5.94. The molecule has 0 saturated heterocycles. The Morgan fingerprint density at radius 2 is 2.45 bits per heavy atom. The van der Waals surface area contributed by atoms with Crippen LogP contribution in [0.1, 0.15) is 27.0 Å². The number of aliphatic hydroxyl groups excluding tert-OH is 1. The van der Waals surface area contributed by atoms with Gasteiger partial charge in [-0.1, -0.05) is 17.0 Å². The minimum atomic E-state index is -0.191. The van der Waals surface area contributed by atoms with Crippen LogP contribution in [0.15, 0.2) is 16.0 Å². The number of nitrogens with one attached hydrogen (secondary N) is 1. The minimum absolute atomic E-state index is 0.168. The minimum Gasteiger partial charge on any atom is -0.384 e. The van der Waals surface area contributed by atoms with E-state index in [1.807, 2.05) is 0 Å².